The van der Waals surface area contributed by atoms with Gasteiger partial charge in [-0.25, -0.2) is 0 Å². The van der Waals surface area contributed by atoms with Crippen LogP contribution in [0.5, 0.6) is 0 Å². The van der Waals surface area contributed by atoms with Crippen molar-refractivity contribution in [3.05, 3.63) is 64.2 Å². The Labute approximate surface area is 396 Å². The second kappa shape index (κ2) is 24.3. The number of hydrazone groups is 2. The van der Waals surface area contributed by atoms with Crippen molar-refractivity contribution in [3.8, 4) is 0 Å². The molecule has 1 aliphatic heterocycles. The van der Waals surface area contributed by atoms with E-state index in [1.54, 1.807) is 4.90 Å². The standard InChI is InChI=1S/C41H57N6O7.C5H12.C2H6.3CH3.Sn/c1-27-17-29(22-47(25-35(50)53-40(5,6)7)26-36(51)54-41(8,9)10)20-32(18-27)38-44-42-37(43-45-38)31-16-11-13-28(19-31)21-46(23-33(48)30-14-12-15-30)24-34(49)52-39(2,3)4;1-5(2,3)4;1-2;;;;/h13,16-20,30H,12,14-15,21-26H2,1-10H3,(H,42,43)(H,44,45);1-4H3;1-2H3;3*1H3;. The van der Waals surface area contributed by atoms with Gasteiger partial charge in [-0.15, -0.1) is 0 Å². The van der Waals surface area contributed by atoms with Gasteiger partial charge in [-0.3, -0.25) is 9.59 Å². The summed E-state index contributed by atoms with van der Waals surface area (Å²) >= 11 is -2.67. The van der Waals surface area contributed by atoms with Crippen molar-refractivity contribution in [1.29, 1.82) is 0 Å². The molecule has 1 heterocycles. The number of ether oxygens (including phenoxy) is 3. The van der Waals surface area contributed by atoms with Gasteiger partial charge in [0.1, 0.15) is 11.2 Å². The fourth-order valence-electron chi connectivity index (χ4n) is 6.57. The number of hydrogen-bond acceptors (Lipinski definition) is 13. The Bertz CT molecular complexity index is 1950. The van der Waals surface area contributed by atoms with E-state index in [-0.39, 0.29) is 50.4 Å². The molecule has 4 rings (SSSR count). The van der Waals surface area contributed by atoms with Crippen LogP contribution in [0.4, 0.5) is 0 Å². The van der Waals surface area contributed by atoms with E-state index >= 15 is 0 Å². The van der Waals surface area contributed by atoms with Crippen molar-refractivity contribution in [2.75, 3.05) is 26.2 Å². The minimum atomic E-state index is -2.67. The van der Waals surface area contributed by atoms with Gasteiger partial charge in [-0.05, 0) is 47.0 Å². The number of amidine groups is 2. The van der Waals surface area contributed by atoms with Crippen LogP contribution in [0.1, 0.15) is 151 Å². The molecule has 0 spiro atoms. The molecule has 2 aliphatic rings. The SMILES string of the molecule is CC.CC(C)(C)C.Cc1cc(CN(CC(=O)OC(C)(C)C)CC(=O)OC(C)(C)C)cc(C2=NNC(c3cc(CN(CC(=O)OC(C)(C)C)CC(=O)C4CCC4)c[c]([Sn]([CH3])([CH3])[CH3])c3)=NN2)c1. The molecule has 0 bridgehead atoms. The van der Waals surface area contributed by atoms with E-state index in [4.69, 9.17) is 24.4 Å². The number of Topliss-reactive ketones (excluding diaryl/α,β-unsaturated/α-hetero) is 1. The van der Waals surface area contributed by atoms with E-state index in [0.29, 0.717) is 23.6 Å². The number of carbonyl (C=O) groups is 4. The molecule has 65 heavy (non-hydrogen) atoms. The average Bonchev–Trinajstić information content (AvgIpc) is 3.07. The molecule has 0 atom stereocenters. The Morgan fingerprint density at radius 3 is 1.31 bits per heavy atom. The number of carbonyl (C=O) groups excluding carboxylic acids is 4. The molecule has 364 valence electrons. The summed E-state index contributed by atoms with van der Waals surface area (Å²) in [7, 11) is 0. The molecule has 0 aromatic heterocycles. The molecule has 0 saturated heterocycles. The fraction of sp³-hybridized carbons (Fsp3) is 0.647. The summed E-state index contributed by atoms with van der Waals surface area (Å²) in [5, 5.41) is 9.41. The van der Waals surface area contributed by atoms with Gasteiger partial charge in [0.25, 0.3) is 0 Å². The van der Waals surface area contributed by atoms with Crippen molar-refractivity contribution in [1.82, 2.24) is 20.7 Å². The number of nitrogens with one attached hydrogen (secondary N) is 2. The topological polar surface area (TPSA) is 151 Å². The van der Waals surface area contributed by atoms with Gasteiger partial charge in [-0.1, -0.05) is 41.5 Å². The third kappa shape index (κ3) is 23.5. The molecule has 2 N–H and O–H groups in total. The molecule has 13 nitrogen and oxygen atoms in total. The van der Waals surface area contributed by atoms with Crippen molar-refractivity contribution < 1.29 is 33.4 Å². The summed E-state index contributed by atoms with van der Waals surface area (Å²) in [5.41, 5.74) is 9.26. The zero-order valence-electron chi connectivity index (χ0n) is 43.6. The number of nitrogens with zero attached hydrogens (tertiary/aromatic N) is 4. The molecule has 14 heteroatoms. The van der Waals surface area contributed by atoms with Crippen molar-refractivity contribution in [3.63, 3.8) is 0 Å². The van der Waals surface area contributed by atoms with Gasteiger partial charge in [0.2, 0.25) is 0 Å². The molecule has 0 amide bonds. The zero-order valence-corrected chi connectivity index (χ0v) is 46.4. The summed E-state index contributed by atoms with van der Waals surface area (Å²) in [4.78, 5) is 62.6. The Morgan fingerprint density at radius 1 is 0.600 bits per heavy atom. The van der Waals surface area contributed by atoms with Crippen molar-refractivity contribution in [2.24, 2.45) is 21.5 Å². The third-order valence-corrected chi connectivity index (χ3v) is 14.9. The second-order valence-corrected chi connectivity index (χ2v) is 37.2. The summed E-state index contributed by atoms with van der Waals surface area (Å²) in [6.07, 6.45) is 2.88. The monoisotopic (exact) mass is 1010 g/mol. The van der Waals surface area contributed by atoms with Crippen LogP contribution in [0.25, 0.3) is 0 Å². The first kappa shape index (κ1) is 57.3. The summed E-state index contributed by atoms with van der Waals surface area (Å²) < 4.78 is 18.1. The molecule has 0 unspecified atom stereocenters. The first-order valence-corrected chi connectivity index (χ1v) is 33.3. The molecular formula is C51H84N6O7Sn. The van der Waals surface area contributed by atoms with Gasteiger partial charge in [-0.2, -0.15) is 0 Å². The molecule has 2 aromatic carbocycles. The quantitative estimate of drug-likeness (QED) is 0.0944. The van der Waals surface area contributed by atoms with Crippen molar-refractivity contribution >= 4 is 57.3 Å². The Morgan fingerprint density at radius 2 is 0.969 bits per heavy atom. The molecule has 1 fully saturated rings. The van der Waals surface area contributed by atoms with Crippen LogP contribution in [-0.4, -0.2) is 107 Å². The molecule has 0 radical (unpaired) electrons. The van der Waals surface area contributed by atoms with E-state index in [0.717, 1.165) is 47.1 Å². The van der Waals surface area contributed by atoms with Crippen LogP contribution in [0, 0.1) is 18.3 Å². The summed E-state index contributed by atoms with van der Waals surface area (Å²) in [6, 6.07) is 12.4. The molecule has 1 aliphatic carbocycles. The Kier molecular flexibility index (Phi) is 21.4. The van der Waals surface area contributed by atoms with E-state index < -0.39 is 47.1 Å². The maximum absolute atomic E-state index is 13.2. The Hall–Kier alpha value is -3.82. The van der Waals surface area contributed by atoms with Crippen LogP contribution in [0.15, 0.2) is 46.6 Å². The first-order chi connectivity index (χ1) is 29.7. The fourth-order valence-corrected chi connectivity index (χ4v) is 10.0. The number of ketones is 1. The van der Waals surface area contributed by atoms with Crippen LogP contribution in [0.2, 0.25) is 14.8 Å². The minimum absolute atomic E-state index is 0.0146. The van der Waals surface area contributed by atoms with E-state index in [1.165, 1.54) is 3.58 Å². The third-order valence-electron chi connectivity index (χ3n) is 9.16. The van der Waals surface area contributed by atoms with Crippen LogP contribution >= 0.6 is 0 Å². The van der Waals surface area contributed by atoms with Gasteiger partial charge in [0, 0.05) is 0 Å². The second-order valence-electron chi connectivity index (χ2n) is 22.7. The first-order valence-electron chi connectivity index (χ1n) is 23.3. The number of rotatable bonds is 16. The Balaban J connectivity index is 0.00000194. The summed E-state index contributed by atoms with van der Waals surface area (Å²) in [5.74, 6) is 0.0456. The number of benzene rings is 2. The average molecular weight is 1010 g/mol. The predicted molar refractivity (Wildman–Crippen MR) is 267 cm³/mol. The number of esters is 3. The van der Waals surface area contributed by atoms with E-state index in [1.807, 2.05) is 112 Å². The van der Waals surface area contributed by atoms with Gasteiger partial charge >= 0.3 is 266 Å². The number of hydrogen-bond donors (Lipinski definition) is 2. The van der Waals surface area contributed by atoms with Gasteiger partial charge in [0.05, 0.1) is 13.1 Å². The van der Waals surface area contributed by atoms with Crippen LogP contribution in [0.3, 0.4) is 0 Å². The number of aryl methyl sites for hydroxylation is 1. The van der Waals surface area contributed by atoms with Crippen LogP contribution < -0.4 is 14.4 Å². The normalized spacial score (nSPS) is 14.5. The van der Waals surface area contributed by atoms with Crippen LogP contribution in [-0.2, 0) is 46.5 Å². The van der Waals surface area contributed by atoms with E-state index in [9.17, 15) is 19.2 Å². The molecular weight excluding hydrogens is 927 g/mol. The molecule has 2 aromatic rings. The van der Waals surface area contributed by atoms with Crippen molar-refractivity contribution in [2.45, 2.75) is 175 Å². The van der Waals surface area contributed by atoms with E-state index in [2.05, 4.69) is 65.5 Å². The van der Waals surface area contributed by atoms with Gasteiger partial charge in [0.15, 0.2) is 0 Å². The maximum atomic E-state index is 13.2. The molecule has 1 saturated carbocycles. The zero-order chi connectivity index (χ0) is 49.7. The van der Waals surface area contributed by atoms with Gasteiger partial charge < -0.3 is 9.47 Å². The predicted octanol–water partition coefficient (Wildman–Crippen LogP) is 8.83. The summed E-state index contributed by atoms with van der Waals surface area (Å²) in [6.45, 7) is 31.8.